The summed E-state index contributed by atoms with van der Waals surface area (Å²) in [5.41, 5.74) is 3.71. The lowest BCUT2D eigenvalue weighted by Gasteiger charge is -2.31. The summed E-state index contributed by atoms with van der Waals surface area (Å²) in [6.45, 7) is 5.40. The molecule has 0 aliphatic carbocycles. The first-order chi connectivity index (χ1) is 21.2. The summed E-state index contributed by atoms with van der Waals surface area (Å²) in [5, 5.41) is 2.92. The summed E-state index contributed by atoms with van der Waals surface area (Å²) in [7, 11) is -1.51. The van der Waals surface area contributed by atoms with Crippen molar-refractivity contribution in [3.8, 4) is 16.9 Å². The van der Waals surface area contributed by atoms with Gasteiger partial charge in [-0.25, -0.2) is 12.8 Å². The number of ether oxygens (including phenoxy) is 3. The molecule has 10 heteroatoms. The van der Waals surface area contributed by atoms with Crippen molar-refractivity contribution in [2.24, 2.45) is 0 Å². The average molecular weight is 623 g/mol. The number of halogens is 1. The number of rotatable bonds is 11. The molecule has 1 amide bonds. The van der Waals surface area contributed by atoms with E-state index in [-0.39, 0.29) is 35.3 Å². The van der Waals surface area contributed by atoms with E-state index in [0.29, 0.717) is 47.2 Å². The molecule has 0 aromatic heterocycles. The van der Waals surface area contributed by atoms with Gasteiger partial charge in [0.2, 0.25) is 0 Å². The van der Waals surface area contributed by atoms with E-state index in [9.17, 15) is 17.6 Å². The molecule has 0 atom stereocenters. The number of amides is 1. The predicted molar refractivity (Wildman–Crippen MR) is 169 cm³/mol. The van der Waals surface area contributed by atoms with Crippen LogP contribution in [0.4, 0.5) is 10.1 Å². The van der Waals surface area contributed by atoms with Crippen molar-refractivity contribution in [3.63, 3.8) is 0 Å². The Labute approximate surface area is 258 Å². The summed E-state index contributed by atoms with van der Waals surface area (Å²) in [5.74, 6) is -0.953. The Morgan fingerprint density at radius 3 is 2.48 bits per heavy atom. The number of sulfone groups is 1. The molecule has 0 spiro atoms. The Morgan fingerprint density at radius 1 is 1.02 bits per heavy atom. The number of hydrogen-bond donors (Lipinski definition) is 1. The Morgan fingerprint density at radius 2 is 1.75 bits per heavy atom. The average Bonchev–Trinajstić information content (AvgIpc) is 3.16. The molecule has 2 heterocycles. The topological polar surface area (TPSA) is 94.2 Å². The maximum atomic E-state index is 14.8. The zero-order valence-electron chi connectivity index (χ0n) is 25.2. The number of hydrogen-bond acceptors (Lipinski definition) is 7. The van der Waals surface area contributed by atoms with Crippen molar-refractivity contribution in [1.29, 1.82) is 0 Å². The highest BCUT2D eigenvalue weighted by atomic mass is 32.2. The van der Waals surface area contributed by atoms with Crippen LogP contribution in [0.2, 0.25) is 0 Å². The van der Waals surface area contributed by atoms with E-state index in [4.69, 9.17) is 14.2 Å². The van der Waals surface area contributed by atoms with Gasteiger partial charge in [-0.3, -0.25) is 9.69 Å². The van der Waals surface area contributed by atoms with Crippen molar-refractivity contribution < 1.29 is 31.8 Å². The molecule has 2 aliphatic rings. The molecule has 5 rings (SSSR count). The van der Waals surface area contributed by atoms with E-state index in [0.717, 1.165) is 38.2 Å². The second kappa shape index (κ2) is 14.5. The second-order valence-corrected chi connectivity index (χ2v) is 13.2. The van der Waals surface area contributed by atoms with Crippen molar-refractivity contribution in [2.45, 2.75) is 43.7 Å². The summed E-state index contributed by atoms with van der Waals surface area (Å²) in [6.07, 6.45) is 3.74. The number of benzene rings is 3. The SMILES string of the molecule is CCOCCOc1ccc(-c2ccc3c(c2)C=C(C(=O)Nc2ccc(CN(C)C4CCOCC4)cc2)CCS3(=O)=O)cc1F. The molecule has 0 unspecified atom stereocenters. The van der Waals surface area contributed by atoms with Gasteiger partial charge in [-0.05, 0) is 98.0 Å². The number of anilines is 1. The van der Waals surface area contributed by atoms with Gasteiger partial charge in [0, 0.05) is 43.7 Å². The van der Waals surface area contributed by atoms with Crippen LogP contribution >= 0.6 is 0 Å². The number of carbonyl (C=O) groups excluding carboxylic acids is 1. The normalized spacial score (nSPS) is 16.6. The van der Waals surface area contributed by atoms with Crippen LogP contribution in [0.5, 0.6) is 5.75 Å². The zero-order chi connectivity index (χ0) is 31.1. The van der Waals surface area contributed by atoms with Crippen LogP contribution in [-0.4, -0.2) is 71.1 Å². The highest BCUT2D eigenvalue weighted by Crippen LogP contribution is 2.32. The van der Waals surface area contributed by atoms with Crippen molar-refractivity contribution in [1.82, 2.24) is 4.90 Å². The standard InChI is InChI=1S/C34H39FN2O6S/c1-3-41-17-18-43-32-10-6-26(22-31(32)35)25-7-11-33-28(20-25)21-27(14-19-44(33,39)40)34(38)36-29-8-4-24(5-9-29)23-37(2)30-12-15-42-16-13-30/h4-11,20-22,30H,3,12-19,23H2,1-2H3,(H,36,38). The van der Waals surface area contributed by atoms with Gasteiger partial charge in [-0.1, -0.05) is 24.3 Å². The third-order valence-corrected chi connectivity index (χ3v) is 9.80. The van der Waals surface area contributed by atoms with Crippen LogP contribution in [0.1, 0.15) is 37.3 Å². The van der Waals surface area contributed by atoms with Crippen LogP contribution in [0, 0.1) is 5.82 Å². The minimum Gasteiger partial charge on any atom is -0.488 e. The molecule has 1 N–H and O–H groups in total. The van der Waals surface area contributed by atoms with Gasteiger partial charge in [-0.15, -0.1) is 0 Å². The Bertz CT molecular complexity index is 1600. The summed E-state index contributed by atoms with van der Waals surface area (Å²) in [4.78, 5) is 15.8. The highest BCUT2D eigenvalue weighted by molar-refractivity contribution is 7.91. The maximum absolute atomic E-state index is 14.8. The van der Waals surface area contributed by atoms with Crippen LogP contribution < -0.4 is 10.1 Å². The molecule has 2 aliphatic heterocycles. The third-order valence-electron chi connectivity index (χ3n) is 8.02. The molecule has 1 fully saturated rings. The largest absolute Gasteiger partial charge is 0.488 e. The van der Waals surface area contributed by atoms with Crippen LogP contribution in [-0.2, 0) is 30.7 Å². The predicted octanol–water partition coefficient (Wildman–Crippen LogP) is 5.72. The minimum absolute atomic E-state index is 0.0779. The summed E-state index contributed by atoms with van der Waals surface area (Å²) < 4.78 is 57.1. The van der Waals surface area contributed by atoms with E-state index in [1.165, 1.54) is 12.1 Å². The van der Waals surface area contributed by atoms with E-state index >= 15 is 0 Å². The highest BCUT2D eigenvalue weighted by Gasteiger charge is 2.25. The van der Waals surface area contributed by atoms with Gasteiger partial charge < -0.3 is 19.5 Å². The van der Waals surface area contributed by atoms with Crippen molar-refractivity contribution >= 4 is 27.5 Å². The fourth-order valence-electron chi connectivity index (χ4n) is 5.52. The van der Waals surface area contributed by atoms with Crippen molar-refractivity contribution in [3.05, 3.63) is 83.2 Å². The number of carbonyl (C=O) groups is 1. The molecule has 0 radical (unpaired) electrons. The number of nitrogens with zero attached hydrogens (tertiary/aromatic N) is 1. The van der Waals surface area contributed by atoms with Gasteiger partial charge in [-0.2, -0.15) is 0 Å². The Hall–Kier alpha value is -3.57. The quantitative estimate of drug-likeness (QED) is 0.274. The van der Waals surface area contributed by atoms with Crippen LogP contribution in [0.25, 0.3) is 17.2 Å². The first kappa shape index (κ1) is 31.8. The molecule has 3 aromatic carbocycles. The van der Waals surface area contributed by atoms with Gasteiger partial charge in [0.25, 0.3) is 5.91 Å². The molecule has 44 heavy (non-hydrogen) atoms. The monoisotopic (exact) mass is 622 g/mol. The lowest BCUT2D eigenvalue weighted by Crippen LogP contribution is -2.36. The van der Waals surface area contributed by atoms with Gasteiger partial charge >= 0.3 is 0 Å². The van der Waals surface area contributed by atoms with E-state index in [1.807, 2.05) is 31.2 Å². The van der Waals surface area contributed by atoms with Crippen LogP contribution in [0.15, 0.2) is 71.1 Å². The lowest BCUT2D eigenvalue weighted by molar-refractivity contribution is -0.112. The maximum Gasteiger partial charge on any atom is 0.251 e. The smallest absolute Gasteiger partial charge is 0.251 e. The molecule has 8 nitrogen and oxygen atoms in total. The zero-order valence-corrected chi connectivity index (χ0v) is 26.0. The fraction of sp³-hybridized carbons (Fsp3) is 0.382. The van der Waals surface area contributed by atoms with E-state index < -0.39 is 15.7 Å². The summed E-state index contributed by atoms with van der Waals surface area (Å²) in [6, 6.07) is 17.7. The second-order valence-electron chi connectivity index (χ2n) is 11.1. The van der Waals surface area contributed by atoms with Gasteiger partial charge in [0.1, 0.15) is 6.61 Å². The third kappa shape index (κ3) is 7.92. The molecule has 0 bridgehead atoms. The molecule has 1 saturated heterocycles. The molecule has 234 valence electrons. The Kier molecular flexibility index (Phi) is 10.5. The molecule has 0 saturated carbocycles. The molecular formula is C34H39FN2O6S. The minimum atomic E-state index is -3.62. The van der Waals surface area contributed by atoms with Gasteiger partial charge in [0.15, 0.2) is 21.4 Å². The number of fused-ring (bicyclic) bond motifs is 1. The van der Waals surface area contributed by atoms with Crippen molar-refractivity contribution in [2.75, 3.05) is 51.2 Å². The first-order valence-electron chi connectivity index (χ1n) is 15.0. The fourth-order valence-corrected chi connectivity index (χ4v) is 6.98. The summed E-state index contributed by atoms with van der Waals surface area (Å²) >= 11 is 0. The van der Waals surface area contributed by atoms with E-state index in [1.54, 1.807) is 30.3 Å². The lowest BCUT2D eigenvalue weighted by atomic mass is 10.0. The molecule has 3 aromatic rings. The van der Waals surface area contributed by atoms with Crippen LogP contribution in [0.3, 0.4) is 0 Å². The van der Waals surface area contributed by atoms with Gasteiger partial charge in [0.05, 0.1) is 17.3 Å². The molecular weight excluding hydrogens is 583 g/mol. The first-order valence-corrected chi connectivity index (χ1v) is 16.6. The van der Waals surface area contributed by atoms with E-state index in [2.05, 4.69) is 17.3 Å². The number of nitrogens with one attached hydrogen (secondary N) is 1. The Balaban J connectivity index is 1.30.